The molecule has 2 nitrogen and oxygen atoms in total. The molecule has 1 aliphatic carbocycles. The topological polar surface area (TPSA) is 8.17 Å². The second kappa shape index (κ2) is 16.9. The van der Waals surface area contributed by atoms with Gasteiger partial charge in [-0.1, -0.05) is 224 Å². The molecule has 2 aromatic heterocycles. The van der Waals surface area contributed by atoms with E-state index in [1.807, 2.05) is 11.3 Å². The van der Waals surface area contributed by atoms with Crippen molar-refractivity contribution in [2.45, 2.75) is 5.41 Å². The molecular formula is C71H46N2S. The zero-order valence-corrected chi connectivity index (χ0v) is 41.2. The predicted octanol–water partition coefficient (Wildman–Crippen LogP) is 19.5. The van der Waals surface area contributed by atoms with Crippen molar-refractivity contribution in [3.8, 4) is 39.1 Å². The van der Waals surface area contributed by atoms with Crippen LogP contribution in [0.5, 0.6) is 0 Å². The maximum absolute atomic E-state index is 2.52. The van der Waals surface area contributed by atoms with Gasteiger partial charge in [-0.05, 0) is 110 Å². The molecule has 2 heterocycles. The summed E-state index contributed by atoms with van der Waals surface area (Å²) in [4.78, 5) is 2.52. The Labute approximate surface area is 433 Å². The van der Waals surface area contributed by atoms with Gasteiger partial charge in [0.1, 0.15) is 0 Å². The molecule has 0 atom stereocenters. The average Bonchev–Trinajstić information content (AvgIpc) is 4.17. The van der Waals surface area contributed by atoms with E-state index in [9.17, 15) is 0 Å². The van der Waals surface area contributed by atoms with Crippen LogP contribution in [0.1, 0.15) is 22.3 Å². The Morgan fingerprint density at radius 2 is 0.919 bits per heavy atom. The lowest BCUT2D eigenvalue weighted by molar-refractivity contribution is 0.768. The zero-order valence-electron chi connectivity index (χ0n) is 40.4. The van der Waals surface area contributed by atoms with E-state index in [4.69, 9.17) is 0 Å². The summed E-state index contributed by atoms with van der Waals surface area (Å²) in [5, 5.41) is 7.45. The number of aromatic nitrogens is 1. The van der Waals surface area contributed by atoms with Crippen molar-refractivity contribution < 1.29 is 0 Å². The Balaban J connectivity index is 0.962. The van der Waals surface area contributed by atoms with Gasteiger partial charge in [-0.25, -0.2) is 0 Å². The minimum Gasteiger partial charge on any atom is -0.309 e. The summed E-state index contributed by atoms with van der Waals surface area (Å²) in [7, 11) is 0. The SMILES string of the molecule is c1ccc(C2(c3ccccc3)c3ccccc3-c3ccc(N(c4ccccc4-c4ccccc4-c4ccc5c6ccccc6n(-c6cccc7sc8ccccc8c67)c5c4)c4cccc5ccccc45)cc32)cc1. The lowest BCUT2D eigenvalue weighted by Crippen LogP contribution is -2.28. The Hall–Kier alpha value is -9.28. The lowest BCUT2D eigenvalue weighted by Gasteiger charge is -2.35. The summed E-state index contributed by atoms with van der Waals surface area (Å²) < 4.78 is 5.10. The highest BCUT2D eigenvalue weighted by Crippen LogP contribution is 2.58. The fourth-order valence-corrected chi connectivity index (χ4v) is 13.7. The van der Waals surface area contributed by atoms with Crippen molar-refractivity contribution >= 4 is 81.1 Å². The largest absolute Gasteiger partial charge is 0.309 e. The average molecular weight is 959 g/mol. The number of thiophene rings is 1. The molecule has 0 unspecified atom stereocenters. The van der Waals surface area contributed by atoms with E-state index in [1.54, 1.807) is 0 Å². The molecule has 0 N–H and O–H groups in total. The van der Waals surface area contributed by atoms with Gasteiger partial charge in [0.05, 0.1) is 33.5 Å². The molecule has 3 heteroatoms. The number of hydrogen-bond donors (Lipinski definition) is 0. The summed E-state index contributed by atoms with van der Waals surface area (Å²) >= 11 is 1.87. The van der Waals surface area contributed by atoms with Crippen LogP contribution in [-0.2, 0) is 5.41 Å². The molecule has 0 amide bonds. The summed E-state index contributed by atoms with van der Waals surface area (Å²) in [6, 6.07) is 104. The van der Waals surface area contributed by atoms with Gasteiger partial charge in [0.15, 0.2) is 0 Å². The monoisotopic (exact) mass is 958 g/mol. The minimum atomic E-state index is -0.551. The van der Waals surface area contributed by atoms with Crippen molar-refractivity contribution in [1.29, 1.82) is 0 Å². The van der Waals surface area contributed by atoms with Gasteiger partial charge < -0.3 is 9.47 Å². The molecule has 346 valence electrons. The standard InChI is InChI=1S/C71H46N2S/c1-3-23-49(24-4-1)71(50-25-5-2-6-26-50)61-34-15-11-30-55(61)56-44-42-51(46-62(56)71)72(63-37-19-22-47-21-7-8-28-53(47)63)64-35-16-12-31-57(64)54-29-10-9-27-52(54)48-41-43-59-58-32-13-17-36-65(58)73(67(59)45-48)66-38-20-40-69-70(66)60-33-14-18-39-68(60)74-69/h1-46H. The molecule has 0 aliphatic heterocycles. The maximum atomic E-state index is 2.52. The van der Waals surface area contributed by atoms with Crippen LogP contribution < -0.4 is 4.90 Å². The Bertz CT molecular complexity index is 4460. The van der Waals surface area contributed by atoms with Gasteiger partial charge in [-0.3, -0.25) is 0 Å². The number of nitrogens with zero attached hydrogens (tertiary/aromatic N) is 2. The summed E-state index contributed by atoms with van der Waals surface area (Å²) in [5.41, 5.74) is 18.6. The normalized spacial score (nSPS) is 12.7. The van der Waals surface area contributed by atoms with Crippen molar-refractivity contribution in [3.63, 3.8) is 0 Å². The molecule has 12 aromatic carbocycles. The maximum Gasteiger partial charge on any atom is 0.0714 e. The number of benzene rings is 12. The number of para-hydroxylation sites is 2. The third kappa shape index (κ3) is 6.30. The highest BCUT2D eigenvalue weighted by molar-refractivity contribution is 7.25. The first kappa shape index (κ1) is 42.4. The third-order valence-electron chi connectivity index (χ3n) is 15.7. The molecule has 0 bridgehead atoms. The number of fused-ring (bicyclic) bond motifs is 10. The van der Waals surface area contributed by atoms with E-state index >= 15 is 0 Å². The number of rotatable bonds is 8. The van der Waals surface area contributed by atoms with Crippen LogP contribution in [0.25, 0.3) is 91.8 Å². The van der Waals surface area contributed by atoms with E-state index < -0.39 is 5.41 Å². The zero-order chi connectivity index (χ0) is 48.7. The quantitative estimate of drug-likeness (QED) is 0.147. The van der Waals surface area contributed by atoms with Gasteiger partial charge in [-0.15, -0.1) is 11.3 Å². The second-order valence-corrected chi connectivity index (χ2v) is 20.6. The van der Waals surface area contributed by atoms with Gasteiger partial charge in [-0.2, -0.15) is 0 Å². The molecule has 0 spiro atoms. The third-order valence-corrected chi connectivity index (χ3v) is 16.8. The van der Waals surface area contributed by atoms with E-state index in [1.165, 1.54) is 97.4 Å². The molecule has 0 radical (unpaired) electrons. The fourth-order valence-electron chi connectivity index (χ4n) is 12.6. The van der Waals surface area contributed by atoms with Crippen molar-refractivity contribution in [2.24, 2.45) is 0 Å². The summed E-state index contributed by atoms with van der Waals surface area (Å²) in [6.07, 6.45) is 0. The highest BCUT2D eigenvalue weighted by Gasteiger charge is 2.46. The lowest BCUT2D eigenvalue weighted by atomic mass is 9.67. The molecule has 0 fully saturated rings. The van der Waals surface area contributed by atoms with Crippen molar-refractivity contribution in [2.75, 3.05) is 4.90 Å². The molecule has 15 rings (SSSR count). The second-order valence-electron chi connectivity index (χ2n) is 19.5. The first-order valence-electron chi connectivity index (χ1n) is 25.5. The number of hydrogen-bond acceptors (Lipinski definition) is 2. The Morgan fingerprint density at radius 1 is 0.338 bits per heavy atom. The molecule has 1 aliphatic rings. The van der Waals surface area contributed by atoms with E-state index in [0.29, 0.717) is 0 Å². The number of anilines is 3. The van der Waals surface area contributed by atoms with Crippen LogP contribution in [0.3, 0.4) is 0 Å². The van der Waals surface area contributed by atoms with Crippen LogP contribution >= 0.6 is 11.3 Å². The molecule has 0 saturated carbocycles. The summed E-state index contributed by atoms with van der Waals surface area (Å²) in [5.74, 6) is 0. The van der Waals surface area contributed by atoms with E-state index in [2.05, 4.69) is 289 Å². The molecule has 14 aromatic rings. The van der Waals surface area contributed by atoms with Crippen molar-refractivity contribution in [1.82, 2.24) is 4.57 Å². The molecule has 74 heavy (non-hydrogen) atoms. The van der Waals surface area contributed by atoms with Gasteiger partial charge in [0.2, 0.25) is 0 Å². The van der Waals surface area contributed by atoms with Crippen LogP contribution in [0.4, 0.5) is 17.1 Å². The van der Waals surface area contributed by atoms with Crippen LogP contribution in [0, 0.1) is 0 Å². The Kier molecular flexibility index (Phi) is 9.70. The summed E-state index contributed by atoms with van der Waals surface area (Å²) in [6.45, 7) is 0. The van der Waals surface area contributed by atoms with Crippen LogP contribution in [-0.4, -0.2) is 4.57 Å². The fraction of sp³-hybridized carbons (Fsp3) is 0.0141. The molecular weight excluding hydrogens is 913 g/mol. The van der Waals surface area contributed by atoms with Crippen LogP contribution in [0.15, 0.2) is 279 Å². The van der Waals surface area contributed by atoms with E-state index in [0.717, 1.165) is 33.8 Å². The first-order chi connectivity index (χ1) is 36.7. The predicted molar refractivity (Wildman–Crippen MR) is 314 cm³/mol. The smallest absolute Gasteiger partial charge is 0.0714 e. The molecule has 0 saturated heterocycles. The highest BCUT2D eigenvalue weighted by atomic mass is 32.1. The minimum absolute atomic E-state index is 0.551. The van der Waals surface area contributed by atoms with Gasteiger partial charge >= 0.3 is 0 Å². The van der Waals surface area contributed by atoms with E-state index in [-0.39, 0.29) is 0 Å². The first-order valence-corrected chi connectivity index (χ1v) is 26.3. The van der Waals surface area contributed by atoms with Gasteiger partial charge in [0, 0.05) is 47.6 Å². The Morgan fingerprint density at radius 3 is 1.74 bits per heavy atom. The van der Waals surface area contributed by atoms with Gasteiger partial charge in [0.25, 0.3) is 0 Å². The van der Waals surface area contributed by atoms with Crippen LogP contribution in [0.2, 0.25) is 0 Å². The van der Waals surface area contributed by atoms with Crippen molar-refractivity contribution in [3.05, 3.63) is 301 Å².